The van der Waals surface area contributed by atoms with Gasteiger partial charge in [0.1, 0.15) is 0 Å². The molecule has 122 valence electrons. The van der Waals surface area contributed by atoms with E-state index in [0.717, 1.165) is 38.5 Å². The third kappa shape index (κ3) is 5.59. The Hall–Kier alpha value is -0.610. The maximum Gasteiger partial charge on any atom is 0.219 e. The van der Waals surface area contributed by atoms with E-state index in [1.54, 1.807) is 6.92 Å². The number of nitrogens with one attached hydrogen (secondary N) is 1. The Labute approximate surface area is 130 Å². The summed E-state index contributed by atoms with van der Waals surface area (Å²) in [6, 6.07) is 1.44. The van der Waals surface area contributed by atoms with Crippen molar-refractivity contribution in [2.75, 3.05) is 33.2 Å². The summed E-state index contributed by atoms with van der Waals surface area (Å²) in [5.74, 6) is 0.225. The van der Waals surface area contributed by atoms with Gasteiger partial charge in [0.05, 0.1) is 0 Å². The first-order chi connectivity index (χ1) is 10.2. The normalized spacial score (nSPS) is 22.0. The molecule has 0 bridgehead atoms. The van der Waals surface area contributed by atoms with Crippen LogP contribution in [0.5, 0.6) is 0 Å². The largest absolute Gasteiger partial charge is 0.343 e. The minimum atomic E-state index is 0.225. The number of carbonyl (C=O) groups is 1. The molecular weight excluding hydrogens is 262 g/mol. The summed E-state index contributed by atoms with van der Waals surface area (Å²) in [4.78, 5) is 15.8. The molecule has 0 unspecified atom stereocenters. The van der Waals surface area contributed by atoms with Gasteiger partial charge in [-0.2, -0.15) is 0 Å². The molecule has 1 N–H and O–H groups in total. The molecule has 4 nitrogen and oxygen atoms in total. The predicted molar refractivity (Wildman–Crippen MR) is 87.4 cm³/mol. The first-order valence-electron chi connectivity index (χ1n) is 8.86. The zero-order chi connectivity index (χ0) is 15.1. The van der Waals surface area contributed by atoms with Crippen molar-refractivity contribution < 1.29 is 4.79 Å². The first-order valence-corrected chi connectivity index (χ1v) is 8.86. The number of rotatable bonds is 6. The van der Waals surface area contributed by atoms with E-state index < -0.39 is 0 Å². The number of piperidine rings is 1. The van der Waals surface area contributed by atoms with Gasteiger partial charge in [-0.05, 0) is 52.2 Å². The van der Waals surface area contributed by atoms with Gasteiger partial charge in [0.25, 0.3) is 0 Å². The molecule has 0 aromatic carbocycles. The smallest absolute Gasteiger partial charge is 0.219 e. The van der Waals surface area contributed by atoms with Crippen LogP contribution in [0.4, 0.5) is 0 Å². The average molecular weight is 295 g/mol. The average Bonchev–Trinajstić information content (AvgIpc) is 2.52. The highest BCUT2D eigenvalue weighted by Gasteiger charge is 2.20. The first kappa shape index (κ1) is 16.8. The highest BCUT2D eigenvalue weighted by molar-refractivity contribution is 5.73. The van der Waals surface area contributed by atoms with E-state index in [2.05, 4.69) is 17.3 Å². The maximum absolute atomic E-state index is 11.3. The van der Waals surface area contributed by atoms with E-state index in [9.17, 15) is 4.79 Å². The number of carbonyl (C=O) groups excluding carboxylic acids is 1. The van der Waals surface area contributed by atoms with Gasteiger partial charge < -0.3 is 15.1 Å². The number of nitrogens with zero attached hydrogens (tertiary/aromatic N) is 2. The molecule has 1 saturated carbocycles. The fraction of sp³-hybridized carbons (Fsp3) is 0.941. The Morgan fingerprint density at radius 2 is 1.81 bits per heavy atom. The summed E-state index contributed by atoms with van der Waals surface area (Å²) in [5, 5.41) is 3.67. The summed E-state index contributed by atoms with van der Waals surface area (Å²) in [5.41, 5.74) is 0. The second-order valence-electron chi connectivity index (χ2n) is 6.86. The molecule has 0 radical (unpaired) electrons. The van der Waals surface area contributed by atoms with E-state index in [0.29, 0.717) is 6.04 Å². The zero-order valence-electron chi connectivity index (χ0n) is 13.9. The van der Waals surface area contributed by atoms with Crippen molar-refractivity contribution in [3.8, 4) is 0 Å². The Morgan fingerprint density at radius 3 is 2.43 bits per heavy atom. The molecule has 1 aliphatic heterocycles. The lowest BCUT2D eigenvalue weighted by molar-refractivity contribution is -0.129. The predicted octanol–water partition coefficient (Wildman–Crippen LogP) is 2.24. The van der Waals surface area contributed by atoms with Crippen molar-refractivity contribution in [2.45, 2.75) is 70.4 Å². The van der Waals surface area contributed by atoms with Crippen LogP contribution in [-0.2, 0) is 4.79 Å². The van der Waals surface area contributed by atoms with Gasteiger partial charge in [-0.3, -0.25) is 4.79 Å². The Balaban J connectivity index is 1.52. The third-order valence-corrected chi connectivity index (χ3v) is 5.26. The standard InChI is InChI=1S/C17H33N3O/c1-15(21)20-13-9-16(10-14-20)18-11-6-12-19(2)17-7-4-3-5-8-17/h16-18H,3-14H2,1-2H3. The van der Waals surface area contributed by atoms with Gasteiger partial charge in [-0.25, -0.2) is 0 Å². The minimum Gasteiger partial charge on any atom is -0.343 e. The second-order valence-corrected chi connectivity index (χ2v) is 6.86. The highest BCUT2D eigenvalue weighted by Crippen LogP contribution is 2.21. The molecule has 0 spiro atoms. The summed E-state index contributed by atoms with van der Waals surface area (Å²) < 4.78 is 0. The number of amides is 1. The van der Waals surface area contributed by atoms with Crippen LogP contribution in [0.2, 0.25) is 0 Å². The maximum atomic E-state index is 11.3. The van der Waals surface area contributed by atoms with Gasteiger partial charge >= 0.3 is 0 Å². The van der Waals surface area contributed by atoms with Crippen molar-refractivity contribution in [3.63, 3.8) is 0 Å². The van der Waals surface area contributed by atoms with Crippen LogP contribution in [0.3, 0.4) is 0 Å². The summed E-state index contributed by atoms with van der Waals surface area (Å²) >= 11 is 0. The molecule has 2 fully saturated rings. The molecule has 1 saturated heterocycles. The molecule has 0 aromatic rings. The van der Waals surface area contributed by atoms with E-state index >= 15 is 0 Å². The van der Waals surface area contributed by atoms with E-state index in [1.165, 1.54) is 45.1 Å². The Bertz CT molecular complexity index is 307. The third-order valence-electron chi connectivity index (χ3n) is 5.26. The SMILES string of the molecule is CC(=O)N1CCC(NCCCN(C)C2CCCCC2)CC1. The lowest BCUT2D eigenvalue weighted by Gasteiger charge is -2.33. The van der Waals surface area contributed by atoms with Crippen LogP contribution in [-0.4, -0.2) is 61.0 Å². The van der Waals surface area contributed by atoms with Gasteiger partial charge in [0.2, 0.25) is 5.91 Å². The van der Waals surface area contributed by atoms with Crippen LogP contribution < -0.4 is 5.32 Å². The van der Waals surface area contributed by atoms with Crippen molar-refractivity contribution >= 4 is 5.91 Å². The summed E-state index contributed by atoms with van der Waals surface area (Å²) in [7, 11) is 2.29. The molecule has 1 heterocycles. The second kappa shape index (κ2) is 8.74. The fourth-order valence-electron chi connectivity index (χ4n) is 3.74. The van der Waals surface area contributed by atoms with Crippen molar-refractivity contribution in [2.24, 2.45) is 0 Å². The lowest BCUT2D eigenvalue weighted by Crippen LogP contribution is -2.44. The summed E-state index contributed by atoms with van der Waals surface area (Å²) in [6.45, 7) is 5.85. The Kier molecular flexibility index (Phi) is 6.97. The molecule has 21 heavy (non-hydrogen) atoms. The Morgan fingerprint density at radius 1 is 1.14 bits per heavy atom. The number of hydrogen-bond acceptors (Lipinski definition) is 3. The van der Waals surface area contributed by atoms with Crippen molar-refractivity contribution in [3.05, 3.63) is 0 Å². The van der Waals surface area contributed by atoms with Crippen LogP contribution >= 0.6 is 0 Å². The van der Waals surface area contributed by atoms with Crippen LogP contribution in [0.1, 0.15) is 58.3 Å². The fourth-order valence-corrected chi connectivity index (χ4v) is 3.74. The molecule has 4 heteroatoms. The molecule has 1 amide bonds. The van der Waals surface area contributed by atoms with Gasteiger partial charge in [0, 0.05) is 32.1 Å². The molecular formula is C17H33N3O. The lowest BCUT2D eigenvalue weighted by atomic mass is 9.94. The molecule has 1 aliphatic carbocycles. The van der Waals surface area contributed by atoms with Gasteiger partial charge in [-0.15, -0.1) is 0 Å². The highest BCUT2D eigenvalue weighted by atomic mass is 16.2. The molecule has 0 atom stereocenters. The van der Waals surface area contributed by atoms with Gasteiger partial charge in [-0.1, -0.05) is 19.3 Å². The molecule has 0 aromatic heterocycles. The molecule has 2 aliphatic rings. The van der Waals surface area contributed by atoms with E-state index in [-0.39, 0.29) is 5.91 Å². The quantitative estimate of drug-likeness (QED) is 0.763. The number of hydrogen-bond donors (Lipinski definition) is 1. The topological polar surface area (TPSA) is 35.6 Å². The summed E-state index contributed by atoms with van der Waals surface area (Å²) in [6.07, 6.45) is 10.5. The van der Waals surface area contributed by atoms with Gasteiger partial charge in [0.15, 0.2) is 0 Å². The van der Waals surface area contributed by atoms with Crippen LogP contribution in [0.25, 0.3) is 0 Å². The monoisotopic (exact) mass is 295 g/mol. The molecule has 2 rings (SSSR count). The number of likely N-dealkylation sites (tertiary alicyclic amines) is 1. The van der Waals surface area contributed by atoms with E-state index in [4.69, 9.17) is 0 Å². The van der Waals surface area contributed by atoms with Crippen LogP contribution in [0, 0.1) is 0 Å². The van der Waals surface area contributed by atoms with Crippen molar-refractivity contribution in [1.82, 2.24) is 15.1 Å². The van der Waals surface area contributed by atoms with E-state index in [1.807, 2.05) is 4.90 Å². The minimum absolute atomic E-state index is 0.225. The zero-order valence-corrected chi connectivity index (χ0v) is 13.9. The van der Waals surface area contributed by atoms with Crippen LogP contribution in [0.15, 0.2) is 0 Å². The van der Waals surface area contributed by atoms with Crippen molar-refractivity contribution in [1.29, 1.82) is 0 Å².